The smallest absolute Gasteiger partial charge is 0.160 e. The third-order valence-electron chi connectivity index (χ3n) is 2.52. The summed E-state index contributed by atoms with van der Waals surface area (Å²) < 4.78 is 2.47. The summed E-state index contributed by atoms with van der Waals surface area (Å²) in [5.74, 6) is 0. The van der Waals surface area contributed by atoms with Crippen LogP contribution in [0.15, 0.2) is 12.1 Å². The summed E-state index contributed by atoms with van der Waals surface area (Å²) in [7, 11) is 0. The molecule has 0 saturated heterocycles. The highest BCUT2D eigenvalue weighted by Crippen LogP contribution is 2.37. The maximum atomic E-state index is 10.7. The van der Waals surface area contributed by atoms with Crippen molar-refractivity contribution in [3.05, 3.63) is 17.0 Å². The Kier molecular flexibility index (Phi) is 3.61. The molecule has 0 aliphatic rings. The van der Waals surface area contributed by atoms with Gasteiger partial charge in [-0.3, -0.25) is 4.79 Å². The quantitative estimate of drug-likeness (QED) is 0.750. The van der Waals surface area contributed by atoms with Gasteiger partial charge in [0.15, 0.2) is 6.29 Å². The fourth-order valence-electron chi connectivity index (χ4n) is 1.75. The summed E-state index contributed by atoms with van der Waals surface area (Å²) in [5.41, 5.74) is 0. The van der Waals surface area contributed by atoms with Gasteiger partial charge in [0.25, 0.3) is 0 Å². The molecule has 86 valence electrons. The number of anilines is 1. The maximum absolute atomic E-state index is 10.7. The van der Waals surface area contributed by atoms with E-state index in [0.717, 1.165) is 24.3 Å². The van der Waals surface area contributed by atoms with Gasteiger partial charge >= 0.3 is 0 Å². The van der Waals surface area contributed by atoms with Gasteiger partial charge in [-0.05, 0) is 25.5 Å². The van der Waals surface area contributed by atoms with E-state index in [-0.39, 0.29) is 0 Å². The molecule has 0 aliphatic carbocycles. The Morgan fingerprint density at radius 3 is 2.56 bits per heavy atom. The average Bonchev–Trinajstić information content (AvgIpc) is 2.82. The lowest BCUT2D eigenvalue weighted by Crippen LogP contribution is -2.22. The lowest BCUT2D eigenvalue weighted by Gasteiger charge is -2.19. The molecular formula is C12H15NOS2. The number of fused-ring (bicyclic) bond motifs is 1. The van der Waals surface area contributed by atoms with Gasteiger partial charge in [0.1, 0.15) is 0 Å². The van der Waals surface area contributed by atoms with E-state index in [0.29, 0.717) is 0 Å². The normalized spacial score (nSPS) is 10.9. The molecule has 0 aromatic carbocycles. The molecule has 0 N–H and O–H groups in total. The first-order chi connectivity index (χ1) is 7.78. The van der Waals surface area contributed by atoms with Crippen LogP contribution in [0.1, 0.15) is 29.9 Å². The first kappa shape index (κ1) is 11.6. The minimum absolute atomic E-state index is 0.825. The number of carbonyl (C=O) groups excluding carboxylic acids is 1. The molecule has 0 unspecified atom stereocenters. The van der Waals surface area contributed by atoms with Crippen LogP contribution in [0, 0.1) is 0 Å². The molecule has 0 saturated carbocycles. The SMILES string of the molecule is CCCN(CC)c1cc2sc(C=O)cc2s1. The summed E-state index contributed by atoms with van der Waals surface area (Å²) in [5, 5.41) is 1.32. The topological polar surface area (TPSA) is 20.3 Å². The highest BCUT2D eigenvalue weighted by atomic mass is 32.1. The molecule has 2 nitrogen and oxygen atoms in total. The average molecular weight is 253 g/mol. The lowest BCUT2D eigenvalue weighted by molar-refractivity contribution is 0.112. The Bertz CT molecular complexity index is 455. The number of hydrogen-bond acceptors (Lipinski definition) is 4. The number of aldehydes is 1. The minimum Gasteiger partial charge on any atom is -0.364 e. The Balaban J connectivity index is 2.31. The number of rotatable bonds is 5. The summed E-state index contributed by atoms with van der Waals surface area (Å²) in [4.78, 5) is 13.9. The van der Waals surface area contributed by atoms with Crippen LogP contribution < -0.4 is 4.90 Å². The van der Waals surface area contributed by atoms with Crippen molar-refractivity contribution in [1.82, 2.24) is 0 Å². The molecule has 0 radical (unpaired) electrons. The molecule has 0 fully saturated rings. The van der Waals surface area contributed by atoms with Crippen molar-refractivity contribution in [3.8, 4) is 0 Å². The molecule has 0 bridgehead atoms. The Hall–Kier alpha value is -0.870. The molecule has 2 aromatic heterocycles. The maximum Gasteiger partial charge on any atom is 0.160 e. The van der Waals surface area contributed by atoms with Gasteiger partial charge in [0.05, 0.1) is 9.88 Å². The molecular weight excluding hydrogens is 238 g/mol. The van der Waals surface area contributed by atoms with E-state index in [1.807, 2.05) is 6.07 Å². The standard InChI is InChI=1S/C12H15NOS2/c1-3-5-13(4-2)12-7-11-10(16-12)6-9(8-14)15-11/h6-8H,3-5H2,1-2H3. The van der Waals surface area contributed by atoms with Gasteiger partial charge in [0, 0.05) is 22.5 Å². The summed E-state index contributed by atoms with van der Waals surface area (Å²) >= 11 is 3.36. The van der Waals surface area contributed by atoms with E-state index in [4.69, 9.17) is 0 Å². The first-order valence-corrected chi connectivity index (χ1v) is 7.15. The second kappa shape index (κ2) is 4.97. The zero-order chi connectivity index (χ0) is 11.5. The molecule has 0 atom stereocenters. The van der Waals surface area contributed by atoms with E-state index in [1.165, 1.54) is 20.8 Å². The molecule has 4 heteroatoms. The van der Waals surface area contributed by atoms with Gasteiger partial charge < -0.3 is 4.90 Å². The van der Waals surface area contributed by atoms with Crippen molar-refractivity contribution >= 4 is 43.4 Å². The van der Waals surface area contributed by atoms with Gasteiger partial charge in [-0.15, -0.1) is 22.7 Å². The van der Waals surface area contributed by atoms with Crippen LogP contribution in [-0.2, 0) is 0 Å². The zero-order valence-corrected chi connectivity index (χ0v) is 11.2. The van der Waals surface area contributed by atoms with Crippen molar-refractivity contribution in [2.45, 2.75) is 20.3 Å². The second-order valence-electron chi connectivity index (χ2n) is 3.66. The Labute approximate surface area is 104 Å². The zero-order valence-electron chi connectivity index (χ0n) is 9.53. The highest BCUT2D eigenvalue weighted by Gasteiger charge is 2.10. The van der Waals surface area contributed by atoms with Crippen LogP contribution in [0.4, 0.5) is 5.00 Å². The van der Waals surface area contributed by atoms with E-state index in [9.17, 15) is 4.79 Å². The van der Waals surface area contributed by atoms with Gasteiger partial charge in [-0.2, -0.15) is 0 Å². The van der Waals surface area contributed by atoms with Crippen LogP contribution >= 0.6 is 22.7 Å². The molecule has 2 rings (SSSR count). The molecule has 0 spiro atoms. The van der Waals surface area contributed by atoms with Crippen molar-refractivity contribution in [2.24, 2.45) is 0 Å². The van der Waals surface area contributed by atoms with Gasteiger partial charge in [-0.25, -0.2) is 0 Å². The predicted molar refractivity (Wildman–Crippen MR) is 73.3 cm³/mol. The largest absolute Gasteiger partial charge is 0.364 e. The second-order valence-corrected chi connectivity index (χ2v) is 5.84. The highest BCUT2D eigenvalue weighted by molar-refractivity contribution is 7.30. The van der Waals surface area contributed by atoms with Crippen LogP contribution in [0.3, 0.4) is 0 Å². The van der Waals surface area contributed by atoms with Crippen LogP contribution in [0.2, 0.25) is 0 Å². The first-order valence-electron chi connectivity index (χ1n) is 5.52. The summed E-state index contributed by atoms with van der Waals surface area (Å²) in [6, 6.07) is 4.19. The van der Waals surface area contributed by atoms with E-state index < -0.39 is 0 Å². The third-order valence-corrected chi connectivity index (χ3v) is 4.80. The lowest BCUT2D eigenvalue weighted by atomic mass is 10.4. The number of hydrogen-bond donors (Lipinski definition) is 0. The molecule has 2 heterocycles. The summed E-state index contributed by atoms with van der Waals surface area (Å²) in [6.07, 6.45) is 2.10. The van der Waals surface area contributed by atoms with Crippen LogP contribution in [0.5, 0.6) is 0 Å². The Morgan fingerprint density at radius 1 is 1.25 bits per heavy atom. The van der Waals surface area contributed by atoms with Crippen LogP contribution in [-0.4, -0.2) is 19.4 Å². The van der Waals surface area contributed by atoms with Crippen molar-refractivity contribution < 1.29 is 4.79 Å². The monoisotopic (exact) mass is 253 g/mol. The molecule has 16 heavy (non-hydrogen) atoms. The van der Waals surface area contributed by atoms with Crippen molar-refractivity contribution in [1.29, 1.82) is 0 Å². The third kappa shape index (κ3) is 2.13. The van der Waals surface area contributed by atoms with Crippen LogP contribution in [0.25, 0.3) is 9.40 Å². The molecule has 0 aliphatic heterocycles. The van der Waals surface area contributed by atoms with E-state index in [1.54, 1.807) is 22.7 Å². The van der Waals surface area contributed by atoms with E-state index >= 15 is 0 Å². The Morgan fingerprint density at radius 2 is 2.00 bits per heavy atom. The van der Waals surface area contributed by atoms with E-state index in [2.05, 4.69) is 24.8 Å². The molecule has 2 aromatic rings. The minimum atomic E-state index is 0.825. The van der Waals surface area contributed by atoms with Gasteiger partial charge in [-0.1, -0.05) is 6.92 Å². The summed E-state index contributed by atoms with van der Waals surface area (Å²) in [6.45, 7) is 6.52. The van der Waals surface area contributed by atoms with Crippen molar-refractivity contribution in [2.75, 3.05) is 18.0 Å². The number of carbonyl (C=O) groups is 1. The van der Waals surface area contributed by atoms with Gasteiger partial charge in [0.2, 0.25) is 0 Å². The molecule has 0 amide bonds. The number of nitrogens with zero attached hydrogens (tertiary/aromatic N) is 1. The number of thiophene rings is 2. The fourth-order valence-corrected chi connectivity index (χ4v) is 4.05. The van der Waals surface area contributed by atoms with Crippen molar-refractivity contribution in [3.63, 3.8) is 0 Å². The fraction of sp³-hybridized carbons (Fsp3) is 0.417. The predicted octanol–water partition coefficient (Wildman–Crippen LogP) is 4.01.